The fourth-order valence-electron chi connectivity index (χ4n) is 4.39. The van der Waals surface area contributed by atoms with Gasteiger partial charge in [0, 0.05) is 17.3 Å². The van der Waals surface area contributed by atoms with E-state index >= 15 is 0 Å². The van der Waals surface area contributed by atoms with Crippen LogP contribution >= 0.6 is 0 Å². The first-order valence-electron chi connectivity index (χ1n) is 13.7. The zero-order valence-electron chi connectivity index (χ0n) is 21.7. The summed E-state index contributed by atoms with van der Waals surface area (Å²) in [6.07, 6.45) is 16.5. The van der Waals surface area contributed by atoms with Crippen LogP contribution in [0.4, 0.5) is 4.39 Å². The van der Waals surface area contributed by atoms with Crippen molar-refractivity contribution in [3.63, 3.8) is 0 Å². The van der Waals surface area contributed by atoms with Crippen molar-refractivity contribution < 1.29 is 9.13 Å². The molecule has 0 spiro atoms. The number of hydrogen-bond acceptors (Lipinski definition) is 2. The fourth-order valence-corrected chi connectivity index (χ4v) is 4.39. The largest absolute Gasteiger partial charge is 0.494 e. The molecule has 0 amide bonds. The van der Waals surface area contributed by atoms with E-state index in [1.807, 2.05) is 42.6 Å². The van der Waals surface area contributed by atoms with Crippen LogP contribution in [0, 0.1) is 5.82 Å². The molecular weight excluding hydrogens is 433 g/mol. The normalized spacial score (nSPS) is 11.1. The second-order valence-corrected chi connectivity index (χ2v) is 9.55. The van der Waals surface area contributed by atoms with Crippen LogP contribution in [0.25, 0.3) is 22.4 Å². The second-order valence-electron chi connectivity index (χ2n) is 9.55. The predicted molar refractivity (Wildman–Crippen MR) is 146 cm³/mol. The molecule has 3 rings (SSSR count). The number of aromatic nitrogens is 1. The summed E-state index contributed by atoms with van der Waals surface area (Å²) in [4.78, 5) is 4.55. The summed E-state index contributed by atoms with van der Waals surface area (Å²) >= 11 is 0. The van der Waals surface area contributed by atoms with E-state index in [2.05, 4.69) is 31.0 Å². The van der Waals surface area contributed by atoms with Gasteiger partial charge in [0.05, 0.1) is 12.3 Å². The molecule has 0 aliphatic rings. The number of halogens is 1. The van der Waals surface area contributed by atoms with Gasteiger partial charge in [-0.1, -0.05) is 95.9 Å². The van der Waals surface area contributed by atoms with E-state index in [-0.39, 0.29) is 5.82 Å². The van der Waals surface area contributed by atoms with Gasteiger partial charge in [-0.2, -0.15) is 0 Å². The maximum atomic E-state index is 14.7. The van der Waals surface area contributed by atoms with E-state index in [1.165, 1.54) is 57.8 Å². The molecule has 0 saturated carbocycles. The minimum absolute atomic E-state index is 0.194. The van der Waals surface area contributed by atoms with Crippen LogP contribution in [-0.2, 0) is 6.42 Å². The Bertz CT molecular complexity index is 981. The molecule has 35 heavy (non-hydrogen) atoms. The van der Waals surface area contributed by atoms with E-state index in [1.54, 1.807) is 6.07 Å². The average Bonchev–Trinajstić information content (AvgIpc) is 2.89. The first-order valence-corrected chi connectivity index (χ1v) is 13.7. The Morgan fingerprint density at radius 3 is 2.00 bits per heavy atom. The summed E-state index contributed by atoms with van der Waals surface area (Å²) < 4.78 is 20.6. The monoisotopic (exact) mass is 475 g/mol. The molecule has 0 unspecified atom stereocenters. The lowest BCUT2D eigenvalue weighted by Gasteiger charge is -2.09. The lowest BCUT2D eigenvalue weighted by atomic mass is 10.0. The van der Waals surface area contributed by atoms with Gasteiger partial charge in [0.25, 0.3) is 0 Å². The molecule has 0 radical (unpaired) electrons. The van der Waals surface area contributed by atoms with Crippen LogP contribution in [0.15, 0.2) is 60.8 Å². The van der Waals surface area contributed by atoms with Crippen LogP contribution < -0.4 is 4.74 Å². The zero-order chi connectivity index (χ0) is 24.7. The molecule has 3 heteroatoms. The van der Waals surface area contributed by atoms with Crippen molar-refractivity contribution >= 4 is 0 Å². The maximum Gasteiger partial charge on any atom is 0.132 e. The number of aryl methyl sites for hydroxylation is 1. The van der Waals surface area contributed by atoms with Crippen molar-refractivity contribution in [2.45, 2.75) is 90.9 Å². The summed E-state index contributed by atoms with van der Waals surface area (Å²) in [5, 5.41) is 0. The van der Waals surface area contributed by atoms with E-state index in [0.29, 0.717) is 11.3 Å². The number of ether oxygens (including phenoxy) is 1. The maximum absolute atomic E-state index is 14.7. The van der Waals surface area contributed by atoms with Gasteiger partial charge in [-0.05, 0) is 60.7 Å². The van der Waals surface area contributed by atoms with E-state index in [4.69, 9.17) is 4.74 Å². The van der Waals surface area contributed by atoms with Crippen LogP contribution in [0.2, 0.25) is 0 Å². The predicted octanol–water partition coefficient (Wildman–Crippen LogP) is 9.81. The van der Waals surface area contributed by atoms with Gasteiger partial charge >= 0.3 is 0 Å². The number of hydrogen-bond donors (Lipinski definition) is 0. The highest BCUT2D eigenvalue weighted by molar-refractivity contribution is 5.67. The van der Waals surface area contributed by atoms with Gasteiger partial charge in [-0.25, -0.2) is 4.39 Å². The Balaban J connectivity index is 1.49. The molecule has 1 heterocycles. The highest BCUT2D eigenvalue weighted by Crippen LogP contribution is 2.27. The zero-order valence-corrected chi connectivity index (χ0v) is 21.7. The Morgan fingerprint density at radius 1 is 0.686 bits per heavy atom. The van der Waals surface area contributed by atoms with Gasteiger partial charge in [0.2, 0.25) is 0 Å². The molecule has 3 aromatic rings. The first kappa shape index (κ1) is 26.9. The Hall–Kier alpha value is -2.68. The highest BCUT2D eigenvalue weighted by Gasteiger charge is 2.09. The third-order valence-electron chi connectivity index (χ3n) is 6.60. The lowest BCUT2D eigenvalue weighted by Crippen LogP contribution is -1.97. The molecule has 0 saturated heterocycles. The standard InChI is InChI=1S/C32H42FNO/c1-3-5-7-9-10-11-13-23-35-29-19-16-27(17-20-29)28-18-22-32(34-25-28)30-21-15-26(24-31(30)33)14-12-8-6-4-2/h15-22,24-25H,3-14,23H2,1-2H3. The second kappa shape index (κ2) is 15.3. The summed E-state index contributed by atoms with van der Waals surface area (Å²) in [7, 11) is 0. The molecule has 2 aromatic carbocycles. The Morgan fingerprint density at radius 2 is 1.34 bits per heavy atom. The number of nitrogens with zero attached hydrogens (tertiary/aromatic N) is 1. The van der Waals surface area contributed by atoms with Crippen LogP contribution in [0.5, 0.6) is 5.75 Å². The number of pyridine rings is 1. The Labute approximate surface area is 212 Å². The molecule has 2 nitrogen and oxygen atoms in total. The number of benzene rings is 2. The molecule has 0 aliphatic carbocycles. The number of unbranched alkanes of at least 4 members (excludes halogenated alkanes) is 9. The van der Waals surface area contributed by atoms with Crippen molar-refractivity contribution in [2.24, 2.45) is 0 Å². The van der Waals surface area contributed by atoms with Gasteiger partial charge in [-0.15, -0.1) is 0 Å². The van der Waals surface area contributed by atoms with E-state index in [0.717, 1.165) is 48.3 Å². The fraction of sp³-hybridized carbons (Fsp3) is 0.469. The van der Waals surface area contributed by atoms with Crippen LogP contribution in [0.3, 0.4) is 0 Å². The highest BCUT2D eigenvalue weighted by atomic mass is 19.1. The third kappa shape index (κ3) is 9.12. The Kier molecular flexibility index (Phi) is 11.8. The SMILES string of the molecule is CCCCCCCCCOc1ccc(-c2ccc(-c3ccc(CCCCCC)cc3F)nc2)cc1. The van der Waals surface area contributed by atoms with Crippen molar-refractivity contribution in [2.75, 3.05) is 6.61 Å². The van der Waals surface area contributed by atoms with Crippen molar-refractivity contribution in [3.8, 4) is 28.1 Å². The van der Waals surface area contributed by atoms with Crippen LogP contribution in [0.1, 0.15) is 90.0 Å². The molecule has 188 valence electrons. The van der Waals surface area contributed by atoms with E-state index < -0.39 is 0 Å². The minimum Gasteiger partial charge on any atom is -0.494 e. The minimum atomic E-state index is -0.194. The third-order valence-corrected chi connectivity index (χ3v) is 6.60. The number of rotatable bonds is 16. The van der Waals surface area contributed by atoms with Gasteiger partial charge < -0.3 is 4.74 Å². The smallest absolute Gasteiger partial charge is 0.132 e. The molecule has 0 fully saturated rings. The first-order chi connectivity index (χ1) is 17.2. The molecular formula is C32H42FNO. The van der Waals surface area contributed by atoms with Crippen molar-refractivity contribution in [1.29, 1.82) is 0 Å². The summed E-state index contributed by atoms with van der Waals surface area (Å²) in [6, 6.07) is 17.6. The molecule has 0 bridgehead atoms. The topological polar surface area (TPSA) is 22.1 Å². The molecule has 0 N–H and O–H groups in total. The van der Waals surface area contributed by atoms with Gasteiger partial charge in [0.1, 0.15) is 11.6 Å². The summed E-state index contributed by atoms with van der Waals surface area (Å²) in [5.74, 6) is 0.710. The van der Waals surface area contributed by atoms with Crippen molar-refractivity contribution in [3.05, 3.63) is 72.2 Å². The van der Waals surface area contributed by atoms with Crippen molar-refractivity contribution in [1.82, 2.24) is 4.98 Å². The van der Waals surface area contributed by atoms with Gasteiger partial charge in [-0.3, -0.25) is 4.98 Å². The average molecular weight is 476 g/mol. The van der Waals surface area contributed by atoms with E-state index in [9.17, 15) is 4.39 Å². The summed E-state index contributed by atoms with van der Waals surface area (Å²) in [5.41, 5.74) is 4.38. The van der Waals surface area contributed by atoms with Crippen LogP contribution in [-0.4, -0.2) is 11.6 Å². The molecule has 0 aliphatic heterocycles. The van der Waals surface area contributed by atoms with Gasteiger partial charge in [0.15, 0.2) is 0 Å². The molecule has 1 aromatic heterocycles. The molecule has 0 atom stereocenters. The summed E-state index contributed by atoms with van der Waals surface area (Å²) in [6.45, 7) is 5.22. The quantitative estimate of drug-likeness (QED) is 0.192. The lowest BCUT2D eigenvalue weighted by molar-refractivity contribution is 0.304.